The normalized spacial score (nSPS) is 9.15. The molecule has 0 aliphatic heterocycles. The molecule has 0 fully saturated rings. The van der Waals surface area contributed by atoms with E-state index >= 15 is 0 Å². The number of aromatic hydroxyl groups is 1. The van der Waals surface area contributed by atoms with E-state index in [4.69, 9.17) is 23.2 Å². The van der Waals surface area contributed by atoms with Gasteiger partial charge in [-0.25, -0.2) is 0 Å². The van der Waals surface area contributed by atoms with Crippen molar-refractivity contribution in [2.75, 3.05) is 5.88 Å². The molecule has 0 aliphatic carbocycles. The van der Waals surface area contributed by atoms with Gasteiger partial charge in [0.05, 0.1) is 11.4 Å². The molecule has 3 heteroatoms. The van der Waals surface area contributed by atoms with Crippen LogP contribution in [0.1, 0.15) is 11.1 Å². The smallest absolute Gasteiger partial charge is 0.134 e. The highest BCUT2D eigenvalue weighted by atomic mass is 35.5. The molecule has 0 saturated carbocycles. The van der Waals surface area contributed by atoms with E-state index < -0.39 is 0 Å². The summed E-state index contributed by atoms with van der Waals surface area (Å²) in [4.78, 5) is 0. The van der Waals surface area contributed by atoms with E-state index in [2.05, 4.69) is 11.8 Å². The minimum absolute atomic E-state index is 0.169. The van der Waals surface area contributed by atoms with E-state index in [0.717, 1.165) is 0 Å². The van der Waals surface area contributed by atoms with Gasteiger partial charge in [0.15, 0.2) is 0 Å². The van der Waals surface area contributed by atoms with Crippen LogP contribution in [0.15, 0.2) is 12.1 Å². The zero-order valence-electron chi connectivity index (χ0n) is 7.06. The molecule has 0 unspecified atom stereocenters. The zero-order chi connectivity index (χ0) is 9.84. The SMILES string of the molecule is Cc1cc(Cl)cc(C#CCCl)c1O. The van der Waals surface area contributed by atoms with Gasteiger partial charge < -0.3 is 5.11 Å². The van der Waals surface area contributed by atoms with Crippen LogP contribution >= 0.6 is 23.2 Å². The summed E-state index contributed by atoms with van der Waals surface area (Å²) in [5, 5.41) is 10.1. The number of aryl methyl sites for hydroxylation is 1. The van der Waals surface area contributed by atoms with Crippen molar-refractivity contribution < 1.29 is 5.11 Å². The average molecular weight is 215 g/mol. The van der Waals surface area contributed by atoms with Crippen molar-refractivity contribution >= 4 is 23.2 Å². The molecular weight excluding hydrogens is 207 g/mol. The van der Waals surface area contributed by atoms with E-state index in [9.17, 15) is 5.11 Å². The van der Waals surface area contributed by atoms with E-state index in [1.165, 1.54) is 0 Å². The lowest BCUT2D eigenvalue weighted by atomic mass is 10.1. The number of alkyl halides is 1. The molecule has 1 aromatic rings. The molecule has 0 radical (unpaired) electrons. The molecule has 0 spiro atoms. The largest absolute Gasteiger partial charge is 0.506 e. The Bertz CT molecular complexity index is 374. The van der Waals surface area contributed by atoms with E-state index in [1.54, 1.807) is 19.1 Å². The molecule has 0 bridgehead atoms. The van der Waals surface area contributed by atoms with E-state index in [1.807, 2.05) is 0 Å². The highest BCUT2D eigenvalue weighted by Crippen LogP contribution is 2.25. The lowest BCUT2D eigenvalue weighted by molar-refractivity contribution is 0.469. The number of halogens is 2. The lowest BCUT2D eigenvalue weighted by Crippen LogP contribution is -1.82. The summed E-state index contributed by atoms with van der Waals surface area (Å²) < 4.78 is 0. The van der Waals surface area contributed by atoms with Gasteiger partial charge in [0.1, 0.15) is 5.75 Å². The van der Waals surface area contributed by atoms with Crippen molar-refractivity contribution in [2.45, 2.75) is 6.92 Å². The van der Waals surface area contributed by atoms with Crippen molar-refractivity contribution in [3.8, 4) is 17.6 Å². The third kappa shape index (κ3) is 2.55. The number of benzene rings is 1. The second-order valence-corrected chi connectivity index (χ2v) is 3.26. The Morgan fingerprint density at radius 2 is 2.15 bits per heavy atom. The summed E-state index contributed by atoms with van der Waals surface area (Å²) in [6.45, 7) is 1.77. The molecule has 0 heterocycles. The molecule has 0 aromatic heterocycles. The Morgan fingerprint density at radius 3 is 2.77 bits per heavy atom. The first-order valence-electron chi connectivity index (χ1n) is 3.69. The van der Waals surface area contributed by atoms with Crippen LogP contribution in [-0.2, 0) is 0 Å². The van der Waals surface area contributed by atoms with Gasteiger partial charge >= 0.3 is 0 Å². The van der Waals surface area contributed by atoms with Crippen LogP contribution in [0.25, 0.3) is 0 Å². The molecular formula is C10H8Cl2O. The Labute approximate surface area is 87.3 Å². The monoisotopic (exact) mass is 214 g/mol. The fourth-order valence-corrected chi connectivity index (χ4v) is 1.30. The van der Waals surface area contributed by atoms with Gasteiger partial charge in [-0.05, 0) is 24.6 Å². The van der Waals surface area contributed by atoms with Crippen LogP contribution in [0.4, 0.5) is 0 Å². The minimum atomic E-state index is 0.169. The lowest BCUT2D eigenvalue weighted by Gasteiger charge is -2.01. The van der Waals surface area contributed by atoms with Crippen molar-refractivity contribution in [1.82, 2.24) is 0 Å². The molecule has 0 amide bonds. The van der Waals surface area contributed by atoms with Gasteiger partial charge in [-0.2, -0.15) is 0 Å². The molecule has 0 aliphatic rings. The third-order valence-electron chi connectivity index (χ3n) is 1.56. The Hall–Kier alpha value is -0.840. The third-order valence-corrected chi connectivity index (χ3v) is 1.91. The van der Waals surface area contributed by atoms with Crippen molar-refractivity contribution in [1.29, 1.82) is 0 Å². The highest BCUT2D eigenvalue weighted by molar-refractivity contribution is 6.30. The number of phenolic OH excluding ortho intramolecular Hbond substituents is 1. The summed E-state index contributed by atoms with van der Waals surface area (Å²) in [7, 11) is 0. The first kappa shape index (κ1) is 10.2. The first-order valence-corrected chi connectivity index (χ1v) is 4.60. The van der Waals surface area contributed by atoms with E-state index in [0.29, 0.717) is 16.1 Å². The molecule has 0 atom stereocenters. The van der Waals surface area contributed by atoms with Crippen LogP contribution in [-0.4, -0.2) is 11.0 Å². The van der Waals surface area contributed by atoms with Gasteiger partial charge in [0, 0.05) is 5.02 Å². The Balaban J connectivity index is 3.20. The van der Waals surface area contributed by atoms with Crippen molar-refractivity contribution in [3.63, 3.8) is 0 Å². The highest BCUT2D eigenvalue weighted by Gasteiger charge is 2.03. The molecule has 1 N–H and O–H groups in total. The summed E-state index contributed by atoms with van der Waals surface area (Å²) in [5.74, 6) is 5.79. The maximum Gasteiger partial charge on any atom is 0.134 e. The second kappa shape index (κ2) is 4.41. The first-order chi connectivity index (χ1) is 6.15. The van der Waals surface area contributed by atoms with Gasteiger partial charge in [-0.1, -0.05) is 23.4 Å². The second-order valence-electron chi connectivity index (χ2n) is 2.55. The van der Waals surface area contributed by atoms with E-state index in [-0.39, 0.29) is 11.6 Å². The van der Waals surface area contributed by atoms with Crippen molar-refractivity contribution in [3.05, 3.63) is 28.3 Å². The molecule has 1 aromatic carbocycles. The summed E-state index contributed by atoms with van der Waals surface area (Å²) >= 11 is 11.2. The molecule has 68 valence electrons. The Kier molecular flexibility index (Phi) is 3.48. The minimum Gasteiger partial charge on any atom is -0.506 e. The molecule has 1 nitrogen and oxygen atoms in total. The van der Waals surface area contributed by atoms with Gasteiger partial charge in [-0.3, -0.25) is 0 Å². The standard InChI is InChI=1S/C10H8Cl2O/c1-7-5-9(12)6-8(10(7)13)3-2-4-11/h5-6,13H,4H2,1H3. The number of hydrogen-bond donors (Lipinski definition) is 1. The van der Waals surface area contributed by atoms with Crippen LogP contribution < -0.4 is 0 Å². The maximum absolute atomic E-state index is 9.54. The van der Waals surface area contributed by atoms with Gasteiger partial charge in [0.2, 0.25) is 0 Å². The molecule has 13 heavy (non-hydrogen) atoms. The van der Waals surface area contributed by atoms with Crippen LogP contribution in [0, 0.1) is 18.8 Å². The fraction of sp³-hybridized carbons (Fsp3) is 0.200. The van der Waals surface area contributed by atoms with Crippen molar-refractivity contribution in [2.24, 2.45) is 0 Å². The number of hydrogen-bond acceptors (Lipinski definition) is 1. The average Bonchev–Trinajstić information content (AvgIpc) is 2.09. The summed E-state index contributed by atoms with van der Waals surface area (Å²) in [5.41, 5.74) is 1.23. The van der Waals surface area contributed by atoms with Gasteiger partial charge in [0.25, 0.3) is 0 Å². The van der Waals surface area contributed by atoms with Crippen LogP contribution in [0.5, 0.6) is 5.75 Å². The predicted molar refractivity (Wildman–Crippen MR) is 55.5 cm³/mol. The molecule has 1 rings (SSSR count). The zero-order valence-corrected chi connectivity index (χ0v) is 8.58. The van der Waals surface area contributed by atoms with Crippen LogP contribution in [0.3, 0.4) is 0 Å². The Morgan fingerprint density at radius 1 is 1.46 bits per heavy atom. The quantitative estimate of drug-likeness (QED) is 0.521. The summed E-state index contributed by atoms with van der Waals surface area (Å²) in [6, 6.07) is 3.30. The maximum atomic E-state index is 9.54. The fourth-order valence-electron chi connectivity index (χ4n) is 0.959. The van der Waals surface area contributed by atoms with Gasteiger partial charge in [-0.15, -0.1) is 11.6 Å². The van der Waals surface area contributed by atoms with Crippen LogP contribution in [0.2, 0.25) is 5.02 Å². The molecule has 0 saturated heterocycles. The topological polar surface area (TPSA) is 20.2 Å². The summed E-state index contributed by atoms with van der Waals surface area (Å²) in [6.07, 6.45) is 0. The number of phenols is 1. The predicted octanol–water partition coefficient (Wildman–Crippen LogP) is 2.94. The number of rotatable bonds is 0.